The van der Waals surface area contributed by atoms with Crippen LogP contribution in [-0.4, -0.2) is 7.11 Å². The maximum absolute atomic E-state index is 7.50. The summed E-state index contributed by atoms with van der Waals surface area (Å²) in [7, 11) is 2.39. The standard InChI is InChI=1S/C24H23OP.5CO.W/c1-15-13-16(2)22(17(3)14-15)23-20-7-5-6-8-21(20)26-24(23)18-9-11-19(25-4)12-10-18;5*1-2;/h5-14,26H,1-4H3;;;;;;. The zero-order valence-electron chi connectivity index (χ0n) is 20.6. The molecule has 37 heavy (non-hydrogen) atoms. The van der Waals surface area contributed by atoms with E-state index in [1.807, 2.05) is 0 Å². The molecule has 0 aliphatic heterocycles. The molecule has 1 aromatic heterocycles. The van der Waals surface area contributed by atoms with Gasteiger partial charge in [0.1, 0.15) is 5.75 Å². The van der Waals surface area contributed by atoms with E-state index in [1.54, 1.807) is 7.11 Å². The number of methoxy groups -OCH3 is 1. The largest absolute Gasteiger partial charge is 0 e. The summed E-state index contributed by atoms with van der Waals surface area (Å²) in [6.07, 6.45) is 0. The Morgan fingerprint density at radius 1 is 0.649 bits per heavy atom. The first-order chi connectivity index (χ1) is 17.6. The Labute approximate surface area is 233 Å². The Kier molecular flexibility index (Phi) is 23.0. The van der Waals surface area contributed by atoms with Gasteiger partial charge < -0.3 is 4.74 Å². The van der Waals surface area contributed by atoms with E-state index in [1.165, 1.54) is 49.2 Å². The molecule has 0 amide bonds. The summed E-state index contributed by atoms with van der Waals surface area (Å²) in [5, 5.41) is 4.25. The minimum absolute atomic E-state index is 0. The van der Waals surface area contributed by atoms with Gasteiger partial charge in [-0.25, -0.2) is 0 Å². The summed E-state index contributed by atoms with van der Waals surface area (Å²) >= 11 is 0. The Morgan fingerprint density at radius 3 is 1.57 bits per heavy atom. The predicted octanol–water partition coefficient (Wildman–Crippen LogP) is 6.95. The number of benzene rings is 3. The molecule has 1 atom stereocenters. The van der Waals surface area contributed by atoms with Gasteiger partial charge in [0.25, 0.3) is 0 Å². The molecule has 4 aromatic rings. The molecule has 0 bridgehead atoms. The topological polar surface area (TPSA) is 109 Å². The quantitative estimate of drug-likeness (QED) is 0.169. The average Bonchev–Trinajstić information content (AvgIpc) is 3.33. The van der Waals surface area contributed by atoms with Gasteiger partial charge in [0.15, 0.2) is 0 Å². The molecule has 1 heterocycles. The third-order valence-corrected chi connectivity index (χ3v) is 6.51. The predicted molar refractivity (Wildman–Crippen MR) is 135 cm³/mol. The molecule has 3 aromatic carbocycles. The Bertz CT molecular complexity index is 1270. The van der Waals surface area contributed by atoms with Gasteiger partial charge in [0.2, 0.25) is 0 Å². The fraction of sp³-hybridized carbons (Fsp3) is 0.138. The van der Waals surface area contributed by atoms with E-state index in [2.05, 4.69) is 115 Å². The molecule has 6 nitrogen and oxygen atoms in total. The molecule has 1 unspecified atom stereocenters. The van der Waals surface area contributed by atoms with Crippen molar-refractivity contribution < 1.29 is 49.1 Å². The Balaban J connectivity index is -0.000000945. The van der Waals surface area contributed by atoms with Crippen molar-refractivity contribution in [2.24, 2.45) is 0 Å². The third-order valence-electron chi connectivity index (χ3n) is 5.01. The van der Waals surface area contributed by atoms with Gasteiger partial charge in [-0.3, -0.25) is 0 Å². The fourth-order valence-corrected chi connectivity index (χ4v) is 5.44. The molecule has 0 spiro atoms. The molecular weight excluding hydrogens is 659 g/mol. The van der Waals surface area contributed by atoms with E-state index in [9.17, 15) is 0 Å². The first-order valence-electron chi connectivity index (χ1n) is 9.94. The van der Waals surface area contributed by atoms with Crippen molar-refractivity contribution >= 4 is 18.7 Å². The van der Waals surface area contributed by atoms with Crippen LogP contribution in [0, 0.1) is 54.0 Å². The fourth-order valence-electron chi connectivity index (χ4n) is 3.95. The minimum Gasteiger partial charge on any atom is 0 e. The van der Waals surface area contributed by atoms with Crippen molar-refractivity contribution in [3.05, 3.63) is 111 Å². The summed E-state index contributed by atoms with van der Waals surface area (Å²) in [5.41, 5.74) is 8.10. The number of aryl methyl sites for hydroxylation is 3. The van der Waals surface area contributed by atoms with Crippen LogP contribution in [-0.2, 0) is 44.3 Å². The van der Waals surface area contributed by atoms with Crippen LogP contribution >= 0.6 is 8.19 Å². The minimum atomic E-state index is 0. The van der Waals surface area contributed by atoms with E-state index in [4.69, 9.17) is 28.0 Å². The molecule has 8 heteroatoms. The SMILES string of the molecule is COc1ccc(-c2[pH]c3ccccc3c2-c2c(C)cc(C)cc2C)cc1.[C-]#[O+].[C-]#[O+].[C-]#[O+].[C-]#[O+].[C-]#[O+].[W]. The van der Waals surface area contributed by atoms with Gasteiger partial charge in [-0.2, -0.15) is 0 Å². The van der Waals surface area contributed by atoms with Crippen molar-refractivity contribution in [1.82, 2.24) is 0 Å². The van der Waals surface area contributed by atoms with Crippen LogP contribution in [0.3, 0.4) is 0 Å². The van der Waals surface area contributed by atoms with E-state index < -0.39 is 0 Å². The number of hydrogen-bond acceptors (Lipinski definition) is 1. The molecule has 0 aliphatic rings. The van der Waals surface area contributed by atoms with E-state index >= 15 is 0 Å². The molecular formula is C29H23O6PW. The van der Waals surface area contributed by atoms with Gasteiger partial charge in [-0.15, -0.1) is 8.19 Å². The van der Waals surface area contributed by atoms with Gasteiger partial charge in [0, 0.05) is 31.9 Å². The molecule has 186 valence electrons. The van der Waals surface area contributed by atoms with Gasteiger partial charge in [0.05, 0.1) is 7.11 Å². The van der Waals surface area contributed by atoms with Crippen molar-refractivity contribution in [1.29, 1.82) is 0 Å². The van der Waals surface area contributed by atoms with Gasteiger partial charge >= 0.3 is 56.5 Å². The summed E-state index contributed by atoms with van der Waals surface area (Å²) in [6, 6.07) is 21.9. The van der Waals surface area contributed by atoms with Crippen LogP contribution in [0.1, 0.15) is 16.7 Å². The zero-order valence-corrected chi connectivity index (χ0v) is 24.6. The van der Waals surface area contributed by atoms with Gasteiger partial charge in [-0.05, 0) is 65.7 Å². The number of rotatable bonds is 3. The van der Waals surface area contributed by atoms with Crippen LogP contribution in [0.4, 0.5) is 0 Å². The molecule has 0 fully saturated rings. The molecule has 0 saturated heterocycles. The number of ether oxygens (including phenoxy) is 1. The normalized spacial score (nSPS) is 8.27. The van der Waals surface area contributed by atoms with Crippen molar-refractivity contribution in [2.45, 2.75) is 20.8 Å². The second kappa shape index (κ2) is 22.1. The number of fused-ring (bicyclic) bond motifs is 1. The monoisotopic (exact) mass is 682 g/mol. The van der Waals surface area contributed by atoms with E-state index in [0.29, 0.717) is 8.19 Å². The van der Waals surface area contributed by atoms with Crippen LogP contribution in [0.2, 0.25) is 0 Å². The average molecular weight is 682 g/mol. The number of hydrogen-bond donors (Lipinski definition) is 0. The second-order valence-corrected chi connectivity index (χ2v) is 8.21. The molecule has 0 radical (unpaired) electrons. The third kappa shape index (κ3) is 10.0. The smallest absolute Gasteiger partial charge is 0 e. The molecule has 0 aliphatic carbocycles. The Hall–Kier alpha value is -3.11. The van der Waals surface area contributed by atoms with Crippen LogP contribution in [0.15, 0.2) is 60.7 Å². The molecule has 4 rings (SSSR count). The Morgan fingerprint density at radius 2 is 1.11 bits per heavy atom. The van der Waals surface area contributed by atoms with Crippen LogP contribution in [0.25, 0.3) is 32.5 Å². The van der Waals surface area contributed by atoms with Crippen LogP contribution in [0.5, 0.6) is 5.75 Å². The van der Waals surface area contributed by atoms with E-state index in [0.717, 1.165) is 5.75 Å². The van der Waals surface area contributed by atoms with Crippen molar-refractivity contribution in [3.8, 4) is 27.7 Å². The maximum Gasteiger partial charge on any atom is 0 e. The first-order valence-corrected chi connectivity index (χ1v) is 10.9. The molecule has 0 saturated carbocycles. The first kappa shape index (κ1) is 38.4. The zero-order chi connectivity index (χ0) is 28.3. The molecule has 0 N–H and O–H groups in total. The van der Waals surface area contributed by atoms with E-state index in [-0.39, 0.29) is 21.1 Å². The second-order valence-electron chi connectivity index (χ2n) is 6.92. The summed E-state index contributed by atoms with van der Waals surface area (Å²) in [6.45, 7) is 29.1. The summed E-state index contributed by atoms with van der Waals surface area (Å²) < 4.78 is 42.8. The van der Waals surface area contributed by atoms with Crippen molar-refractivity contribution in [2.75, 3.05) is 7.11 Å². The van der Waals surface area contributed by atoms with Crippen molar-refractivity contribution in [3.63, 3.8) is 0 Å². The van der Waals surface area contributed by atoms with Crippen LogP contribution < -0.4 is 4.74 Å². The summed E-state index contributed by atoms with van der Waals surface area (Å²) in [4.78, 5) is 0. The van der Waals surface area contributed by atoms with Gasteiger partial charge in [-0.1, -0.05) is 54.1 Å². The summed E-state index contributed by atoms with van der Waals surface area (Å²) in [5.74, 6) is 0.900. The maximum atomic E-state index is 7.50.